The number of hydrogen-bond donors (Lipinski definition) is 2. The second-order valence-corrected chi connectivity index (χ2v) is 7.03. The predicted molar refractivity (Wildman–Crippen MR) is 106 cm³/mol. The van der Waals surface area contributed by atoms with E-state index in [1.165, 1.54) is 11.9 Å². The molecular weight excluding hydrogens is 360 g/mol. The van der Waals surface area contributed by atoms with Crippen LogP contribution in [0.5, 0.6) is 0 Å². The lowest BCUT2D eigenvalue weighted by Crippen LogP contribution is -2.15. The van der Waals surface area contributed by atoms with E-state index in [1.54, 1.807) is 29.5 Å². The first-order chi connectivity index (χ1) is 13.2. The molecule has 1 amide bonds. The molecule has 2 heterocycles. The van der Waals surface area contributed by atoms with Crippen molar-refractivity contribution < 1.29 is 4.79 Å². The van der Waals surface area contributed by atoms with Gasteiger partial charge in [-0.25, -0.2) is 9.97 Å². The molecule has 0 radical (unpaired) electrons. The standard InChI is InChI=1S/C20H16N4O2S/c25-18(23-14-6-7-17-16(9-14)20(26)22-12-21-17)10-15-11-27-19(24-15)8-13-4-2-1-3-5-13/h1-7,9,11-12H,8,10H2,(H,23,25)(H,21,22,26). The van der Waals surface area contributed by atoms with Gasteiger partial charge in [0.25, 0.3) is 5.56 Å². The Morgan fingerprint density at radius 3 is 2.85 bits per heavy atom. The highest BCUT2D eigenvalue weighted by Crippen LogP contribution is 2.17. The lowest BCUT2D eigenvalue weighted by molar-refractivity contribution is -0.115. The number of anilines is 1. The van der Waals surface area contributed by atoms with E-state index < -0.39 is 0 Å². The third kappa shape index (κ3) is 4.09. The van der Waals surface area contributed by atoms with Crippen molar-refractivity contribution in [3.63, 3.8) is 0 Å². The molecule has 4 aromatic rings. The van der Waals surface area contributed by atoms with E-state index in [4.69, 9.17) is 0 Å². The van der Waals surface area contributed by atoms with Crippen LogP contribution < -0.4 is 10.9 Å². The van der Waals surface area contributed by atoms with Crippen molar-refractivity contribution in [2.45, 2.75) is 12.8 Å². The van der Waals surface area contributed by atoms with Crippen LogP contribution in [-0.2, 0) is 17.6 Å². The zero-order chi connectivity index (χ0) is 18.6. The van der Waals surface area contributed by atoms with Crippen molar-refractivity contribution >= 4 is 33.8 Å². The van der Waals surface area contributed by atoms with Crippen LogP contribution in [0.3, 0.4) is 0 Å². The molecule has 0 saturated heterocycles. The van der Waals surface area contributed by atoms with Crippen molar-refractivity contribution in [2.75, 3.05) is 5.32 Å². The van der Waals surface area contributed by atoms with Crippen LogP contribution in [0.1, 0.15) is 16.3 Å². The Labute approximate surface area is 158 Å². The number of aromatic amines is 1. The van der Waals surface area contributed by atoms with Gasteiger partial charge in [-0.1, -0.05) is 30.3 Å². The van der Waals surface area contributed by atoms with E-state index in [0.717, 1.165) is 17.1 Å². The van der Waals surface area contributed by atoms with Crippen LogP contribution in [0.4, 0.5) is 5.69 Å². The summed E-state index contributed by atoms with van der Waals surface area (Å²) in [6, 6.07) is 15.2. The molecule has 2 aromatic carbocycles. The minimum atomic E-state index is -0.235. The summed E-state index contributed by atoms with van der Waals surface area (Å²) in [5.74, 6) is -0.175. The molecule has 0 aliphatic carbocycles. The molecule has 4 rings (SSSR count). The maximum absolute atomic E-state index is 12.3. The van der Waals surface area contributed by atoms with Crippen molar-refractivity contribution in [2.24, 2.45) is 0 Å². The van der Waals surface area contributed by atoms with Gasteiger partial charge >= 0.3 is 0 Å². The average molecular weight is 376 g/mol. The number of nitrogens with zero attached hydrogens (tertiary/aromatic N) is 2. The molecule has 0 saturated carbocycles. The molecule has 2 aromatic heterocycles. The summed E-state index contributed by atoms with van der Waals surface area (Å²) in [6.07, 6.45) is 2.30. The van der Waals surface area contributed by atoms with Crippen LogP contribution in [0.15, 0.2) is 65.0 Å². The molecule has 7 heteroatoms. The summed E-state index contributed by atoms with van der Waals surface area (Å²) in [5, 5.41) is 6.14. The SMILES string of the molecule is O=C(Cc1csc(Cc2ccccc2)n1)Nc1ccc2nc[nH]c(=O)c2c1. The zero-order valence-electron chi connectivity index (χ0n) is 14.3. The summed E-state index contributed by atoms with van der Waals surface area (Å²) >= 11 is 1.55. The van der Waals surface area contributed by atoms with Crippen LogP contribution in [0.25, 0.3) is 10.9 Å². The first kappa shape index (κ1) is 17.1. The Morgan fingerprint density at radius 2 is 2.00 bits per heavy atom. The fraction of sp³-hybridized carbons (Fsp3) is 0.100. The Kier molecular flexibility index (Phi) is 4.76. The summed E-state index contributed by atoms with van der Waals surface area (Å²) in [5.41, 5.74) is 2.84. The van der Waals surface area contributed by atoms with Crippen molar-refractivity contribution in [3.8, 4) is 0 Å². The van der Waals surface area contributed by atoms with Gasteiger partial charge in [-0.15, -0.1) is 11.3 Å². The third-order valence-corrected chi connectivity index (χ3v) is 4.96. The van der Waals surface area contributed by atoms with Crippen molar-refractivity contribution in [3.05, 3.63) is 86.9 Å². The van der Waals surface area contributed by atoms with E-state index in [1.807, 2.05) is 23.6 Å². The molecule has 0 unspecified atom stereocenters. The van der Waals surface area contributed by atoms with E-state index in [0.29, 0.717) is 16.6 Å². The number of rotatable bonds is 5. The molecular formula is C20H16N4O2S. The van der Waals surface area contributed by atoms with Crippen molar-refractivity contribution in [1.29, 1.82) is 0 Å². The van der Waals surface area contributed by atoms with Gasteiger partial charge < -0.3 is 10.3 Å². The predicted octanol–water partition coefficient (Wildman–Crippen LogP) is 3.15. The molecule has 134 valence electrons. The number of thiazole rings is 1. The van der Waals surface area contributed by atoms with Crippen LogP contribution >= 0.6 is 11.3 Å². The van der Waals surface area contributed by atoms with Gasteiger partial charge in [0.2, 0.25) is 5.91 Å². The number of carbonyl (C=O) groups excluding carboxylic acids is 1. The fourth-order valence-corrected chi connectivity index (χ4v) is 3.63. The number of nitrogens with one attached hydrogen (secondary N) is 2. The fourth-order valence-electron chi connectivity index (χ4n) is 2.80. The number of hydrogen-bond acceptors (Lipinski definition) is 5. The molecule has 0 aliphatic rings. The lowest BCUT2D eigenvalue weighted by atomic mass is 10.2. The van der Waals surface area contributed by atoms with Gasteiger partial charge in [-0.2, -0.15) is 0 Å². The largest absolute Gasteiger partial charge is 0.326 e. The Morgan fingerprint density at radius 1 is 1.15 bits per heavy atom. The maximum atomic E-state index is 12.3. The van der Waals surface area contributed by atoms with Gasteiger partial charge in [-0.05, 0) is 23.8 Å². The summed E-state index contributed by atoms with van der Waals surface area (Å²) in [7, 11) is 0. The normalized spacial score (nSPS) is 10.8. The monoisotopic (exact) mass is 376 g/mol. The smallest absolute Gasteiger partial charge is 0.258 e. The highest BCUT2D eigenvalue weighted by atomic mass is 32.1. The van der Waals surface area contributed by atoms with Gasteiger partial charge in [0, 0.05) is 17.5 Å². The first-order valence-corrected chi connectivity index (χ1v) is 9.30. The first-order valence-electron chi connectivity index (χ1n) is 8.42. The van der Waals surface area contributed by atoms with E-state index >= 15 is 0 Å². The molecule has 27 heavy (non-hydrogen) atoms. The number of H-pyrrole nitrogens is 1. The topological polar surface area (TPSA) is 87.7 Å². The second-order valence-electron chi connectivity index (χ2n) is 6.08. The second kappa shape index (κ2) is 7.51. The summed E-state index contributed by atoms with van der Waals surface area (Å²) < 4.78 is 0. The highest BCUT2D eigenvalue weighted by molar-refractivity contribution is 7.09. The minimum absolute atomic E-state index is 0.175. The Hall–Kier alpha value is -3.32. The maximum Gasteiger partial charge on any atom is 0.258 e. The number of fused-ring (bicyclic) bond motifs is 1. The third-order valence-electron chi connectivity index (χ3n) is 4.06. The molecule has 0 spiro atoms. The highest BCUT2D eigenvalue weighted by Gasteiger charge is 2.10. The molecule has 6 nitrogen and oxygen atoms in total. The van der Waals surface area contributed by atoms with Crippen LogP contribution in [0, 0.1) is 0 Å². The number of carbonyl (C=O) groups is 1. The van der Waals surface area contributed by atoms with Gasteiger partial charge in [0.15, 0.2) is 0 Å². The zero-order valence-corrected chi connectivity index (χ0v) is 15.1. The number of benzene rings is 2. The van der Waals surface area contributed by atoms with Gasteiger partial charge in [-0.3, -0.25) is 9.59 Å². The summed E-state index contributed by atoms with van der Waals surface area (Å²) in [6.45, 7) is 0. The quantitative estimate of drug-likeness (QED) is 0.560. The van der Waals surface area contributed by atoms with Crippen LogP contribution in [-0.4, -0.2) is 20.9 Å². The molecule has 0 fully saturated rings. The Balaban J connectivity index is 1.42. The van der Waals surface area contributed by atoms with Crippen molar-refractivity contribution in [1.82, 2.24) is 15.0 Å². The van der Waals surface area contributed by atoms with Gasteiger partial charge in [0.1, 0.15) is 0 Å². The van der Waals surface area contributed by atoms with E-state index in [9.17, 15) is 9.59 Å². The lowest BCUT2D eigenvalue weighted by Gasteiger charge is -2.05. The molecule has 2 N–H and O–H groups in total. The van der Waals surface area contributed by atoms with Crippen LogP contribution in [0.2, 0.25) is 0 Å². The summed E-state index contributed by atoms with van der Waals surface area (Å²) in [4.78, 5) is 35.3. The number of aromatic nitrogens is 3. The van der Waals surface area contributed by atoms with E-state index in [-0.39, 0.29) is 17.9 Å². The average Bonchev–Trinajstić information content (AvgIpc) is 3.10. The Bertz CT molecular complexity index is 1150. The molecule has 0 atom stereocenters. The van der Waals surface area contributed by atoms with Gasteiger partial charge in [0.05, 0.1) is 34.4 Å². The molecule has 0 aliphatic heterocycles. The molecule has 0 bridgehead atoms. The minimum Gasteiger partial charge on any atom is -0.326 e. The van der Waals surface area contributed by atoms with E-state index in [2.05, 4.69) is 32.4 Å². The number of amides is 1.